The molecule has 3 nitrogen and oxygen atoms in total. The molecule has 1 saturated heterocycles. The highest BCUT2D eigenvalue weighted by molar-refractivity contribution is 6.08. The molecule has 0 aromatic carbocycles. The second-order valence-corrected chi connectivity index (χ2v) is 10.4. The summed E-state index contributed by atoms with van der Waals surface area (Å²) >= 11 is 0. The average molecular weight is 385 g/mol. The standard InChI is InChI=1S/C25H36O3/c1-15(2)10-19-12-17(4)25(28-19)9-8-24(5)13-20-16(3)11-21(27)23(20)18(14-26)6-7-22(24)25/h10-11,17,19-20,22,26H,6-9,12-14H2,1-5H3/t17-,19+,20+,22+,24+,25-/m0/s1. The van der Waals surface area contributed by atoms with Crippen molar-refractivity contribution in [1.29, 1.82) is 0 Å². The highest BCUT2D eigenvalue weighted by Gasteiger charge is 2.61. The zero-order valence-electron chi connectivity index (χ0n) is 18.2. The number of rotatable bonds is 2. The van der Waals surface area contributed by atoms with Gasteiger partial charge in [0, 0.05) is 11.5 Å². The van der Waals surface area contributed by atoms with Gasteiger partial charge >= 0.3 is 0 Å². The SMILES string of the molecule is CC(C)=C[C@@H]1C[C@H](C)[C@]2(CC[C@]3(C)C[C@@H]4C(C)=CC(=O)C4=C(CO)CC[C@H]32)O1. The summed E-state index contributed by atoms with van der Waals surface area (Å²) in [6.07, 6.45) is 10.6. The Kier molecular flexibility index (Phi) is 4.99. The first-order valence-corrected chi connectivity index (χ1v) is 11.1. The van der Waals surface area contributed by atoms with Crippen molar-refractivity contribution >= 4 is 5.78 Å². The van der Waals surface area contributed by atoms with Gasteiger partial charge in [0.2, 0.25) is 0 Å². The van der Waals surface area contributed by atoms with Gasteiger partial charge in [0.1, 0.15) is 0 Å². The van der Waals surface area contributed by atoms with Crippen LogP contribution in [0.15, 0.2) is 34.4 Å². The Bertz CT molecular complexity index is 769. The molecule has 4 aliphatic rings. The van der Waals surface area contributed by atoms with Gasteiger partial charge in [0.25, 0.3) is 0 Å². The van der Waals surface area contributed by atoms with E-state index in [0.29, 0.717) is 11.8 Å². The molecule has 3 aliphatic carbocycles. The summed E-state index contributed by atoms with van der Waals surface area (Å²) in [7, 11) is 0. The minimum atomic E-state index is -0.0519. The zero-order chi connectivity index (χ0) is 20.3. The van der Waals surface area contributed by atoms with Crippen LogP contribution in [0.5, 0.6) is 0 Å². The maximum atomic E-state index is 12.6. The molecule has 0 radical (unpaired) electrons. The maximum absolute atomic E-state index is 12.6. The van der Waals surface area contributed by atoms with Crippen LogP contribution in [0, 0.1) is 23.2 Å². The fourth-order valence-corrected chi connectivity index (χ4v) is 7.01. The van der Waals surface area contributed by atoms with Gasteiger partial charge < -0.3 is 9.84 Å². The molecule has 1 spiro atoms. The molecule has 0 unspecified atom stereocenters. The van der Waals surface area contributed by atoms with Crippen LogP contribution in [0.2, 0.25) is 0 Å². The number of ether oxygens (including phenoxy) is 1. The molecule has 1 aliphatic heterocycles. The molecule has 1 saturated carbocycles. The summed E-state index contributed by atoms with van der Waals surface area (Å²) < 4.78 is 6.86. The summed E-state index contributed by atoms with van der Waals surface area (Å²) in [5, 5.41) is 10.0. The number of allylic oxidation sites excluding steroid dienone is 4. The van der Waals surface area contributed by atoms with Crippen LogP contribution >= 0.6 is 0 Å². The summed E-state index contributed by atoms with van der Waals surface area (Å²) in [6.45, 7) is 11.2. The van der Waals surface area contributed by atoms with Crippen molar-refractivity contribution in [3.05, 3.63) is 34.4 Å². The largest absolute Gasteiger partial charge is 0.392 e. The number of aliphatic hydroxyl groups is 1. The summed E-state index contributed by atoms with van der Waals surface area (Å²) in [5.74, 6) is 1.35. The molecule has 3 heteroatoms. The third kappa shape index (κ3) is 2.97. The molecule has 1 N–H and O–H groups in total. The minimum absolute atomic E-state index is 0.00588. The van der Waals surface area contributed by atoms with Gasteiger partial charge in [-0.3, -0.25) is 4.79 Å². The quantitative estimate of drug-likeness (QED) is 0.670. The molecular weight excluding hydrogens is 348 g/mol. The third-order valence-corrected chi connectivity index (χ3v) is 8.33. The van der Waals surface area contributed by atoms with E-state index in [1.54, 1.807) is 0 Å². The first-order chi connectivity index (χ1) is 13.2. The first kappa shape index (κ1) is 20.1. The summed E-state index contributed by atoms with van der Waals surface area (Å²) in [6, 6.07) is 0. The van der Waals surface area contributed by atoms with Crippen LogP contribution in [0.3, 0.4) is 0 Å². The topological polar surface area (TPSA) is 46.5 Å². The van der Waals surface area contributed by atoms with Crippen molar-refractivity contribution in [1.82, 2.24) is 0 Å². The number of hydrogen-bond acceptors (Lipinski definition) is 3. The molecule has 0 bridgehead atoms. The van der Waals surface area contributed by atoms with Crippen molar-refractivity contribution in [3.63, 3.8) is 0 Å². The molecular formula is C25H36O3. The Morgan fingerprint density at radius 1 is 1.36 bits per heavy atom. The number of carbonyl (C=O) groups is 1. The van der Waals surface area contributed by atoms with Gasteiger partial charge in [-0.15, -0.1) is 0 Å². The molecule has 0 amide bonds. The van der Waals surface area contributed by atoms with Gasteiger partial charge in [-0.05, 0) is 88.2 Å². The average Bonchev–Trinajstić information content (AvgIpc) is 3.14. The lowest BCUT2D eigenvalue weighted by atomic mass is 9.63. The molecule has 0 aromatic heterocycles. The molecule has 2 fully saturated rings. The van der Waals surface area contributed by atoms with Crippen molar-refractivity contribution < 1.29 is 14.6 Å². The Balaban J connectivity index is 1.71. The third-order valence-electron chi connectivity index (χ3n) is 8.33. The van der Waals surface area contributed by atoms with E-state index < -0.39 is 0 Å². The lowest BCUT2D eigenvalue weighted by Crippen LogP contribution is -2.44. The Labute approximate surface area is 169 Å². The lowest BCUT2D eigenvalue weighted by Gasteiger charge is -2.44. The summed E-state index contributed by atoms with van der Waals surface area (Å²) in [4.78, 5) is 12.6. The van der Waals surface area contributed by atoms with Crippen LogP contribution < -0.4 is 0 Å². The maximum Gasteiger partial charge on any atom is 0.182 e. The predicted molar refractivity (Wildman–Crippen MR) is 112 cm³/mol. The van der Waals surface area contributed by atoms with E-state index in [1.807, 2.05) is 6.08 Å². The van der Waals surface area contributed by atoms with Crippen LogP contribution in [-0.4, -0.2) is 29.2 Å². The van der Waals surface area contributed by atoms with Crippen LogP contribution in [0.4, 0.5) is 0 Å². The first-order valence-electron chi connectivity index (χ1n) is 11.1. The number of hydrogen-bond donors (Lipinski definition) is 1. The Hall–Kier alpha value is -1.19. The smallest absolute Gasteiger partial charge is 0.182 e. The van der Waals surface area contributed by atoms with E-state index in [2.05, 4.69) is 40.7 Å². The Morgan fingerprint density at radius 3 is 2.79 bits per heavy atom. The van der Waals surface area contributed by atoms with Crippen molar-refractivity contribution in [2.75, 3.05) is 6.61 Å². The van der Waals surface area contributed by atoms with E-state index in [0.717, 1.165) is 43.3 Å². The number of aliphatic hydroxyl groups excluding tert-OH is 1. The number of carbonyl (C=O) groups excluding carboxylic acids is 1. The monoisotopic (exact) mass is 384 g/mol. The van der Waals surface area contributed by atoms with Gasteiger partial charge in [-0.25, -0.2) is 0 Å². The molecule has 1 heterocycles. The fourth-order valence-electron chi connectivity index (χ4n) is 7.01. The predicted octanol–water partition coefficient (Wildman–Crippen LogP) is 5.15. The van der Waals surface area contributed by atoms with E-state index in [9.17, 15) is 9.90 Å². The lowest BCUT2D eigenvalue weighted by molar-refractivity contribution is -0.111. The van der Waals surface area contributed by atoms with Gasteiger partial charge in [-0.1, -0.05) is 31.1 Å². The summed E-state index contributed by atoms with van der Waals surface area (Å²) in [5.41, 5.74) is 4.51. The van der Waals surface area contributed by atoms with Crippen LogP contribution in [0.1, 0.15) is 73.1 Å². The van der Waals surface area contributed by atoms with Crippen molar-refractivity contribution in [2.24, 2.45) is 23.2 Å². The number of fused-ring (bicyclic) bond motifs is 3. The Morgan fingerprint density at radius 2 is 2.11 bits per heavy atom. The molecule has 28 heavy (non-hydrogen) atoms. The van der Waals surface area contributed by atoms with E-state index in [4.69, 9.17) is 4.74 Å². The van der Waals surface area contributed by atoms with Gasteiger partial charge in [0.05, 0.1) is 18.3 Å². The van der Waals surface area contributed by atoms with E-state index in [1.165, 1.54) is 17.6 Å². The second-order valence-electron chi connectivity index (χ2n) is 10.4. The molecule has 4 rings (SSSR count). The highest BCUT2D eigenvalue weighted by Crippen LogP contribution is 2.63. The molecule has 6 atom stereocenters. The van der Waals surface area contributed by atoms with Gasteiger partial charge in [0.15, 0.2) is 5.78 Å². The van der Waals surface area contributed by atoms with E-state index in [-0.39, 0.29) is 35.4 Å². The highest BCUT2D eigenvalue weighted by atomic mass is 16.5. The van der Waals surface area contributed by atoms with Crippen molar-refractivity contribution in [2.45, 2.75) is 84.8 Å². The van der Waals surface area contributed by atoms with E-state index >= 15 is 0 Å². The van der Waals surface area contributed by atoms with Crippen LogP contribution in [0.25, 0.3) is 0 Å². The normalized spacial score (nSPS) is 42.9. The molecule has 0 aromatic rings. The van der Waals surface area contributed by atoms with Crippen LogP contribution in [-0.2, 0) is 9.53 Å². The fraction of sp³-hybridized carbons (Fsp3) is 0.720. The second kappa shape index (κ2) is 6.95. The number of ketones is 1. The van der Waals surface area contributed by atoms with Crippen molar-refractivity contribution in [3.8, 4) is 0 Å². The molecule has 154 valence electrons. The minimum Gasteiger partial charge on any atom is -0.392 e. The zero-order valence-corrected chi connectivity index (χ0v) is 18.2. The van der Waals surface area contributed by atoms with Gasteiger partial charge in [-0.2, -0.15) is 0 Å².